The first-order valence-electron chi connectivity index (χ1n) is 8.73. The number of morpholine rings is 1. The molecule has 1 heterocycles. The van der Waals surface area contributed by atoms with E-state index in [1.807, 2.05) is 24.3 Å². The van der Waals surface area contributed by atoms with Crippen LogP contribution in [0.2, 0.25) is 5.02 Å². The molecule has 2 aromatic rings. The van der Waals surface area contributed by atoms with Crippen LogP contribution in [0, 0.1) is 0 Å². The van der Waals surface area contributed by atoms with Crippen LogP contribution in [-0.4, -0.2) is 44.3 Å². The normalized spacial score (nSPS) is 15.1. The number of amides is 1. The van der Waals surface area contributed by atoms with E-state index in [-0.39, 0.29) is 0 Å². The second-order valence-electron chi connectivity index (χ2n) is 6.19. The molecule has 1 N–H and O–H groups in total. The quantitative estimate of drug-likeness (QED) is 0.795. The van der Waals surface area contributed by atoms with Crippen molar-refractivity contribution >= 4 is 34.9 Å². The number of anilines is 2. The number of halogens is 1. The van der Waals surface area contributed by atoms with Gasteiger partial charge in [-0.25, -0.2) is 4.79 Å². The van der Waals surface area contributed by atoms with E-state index in [2.05, 4.69) is 10.2 Å². The molecule has 1 fully saturated rings. The van der Waals surface area contributed by atoms with Crippen LogP contribution in [0.3, 0.4) is 0 Å². The van der Waals surface area contributed by atoms with Crippen molar-refractivity contribution in [1.82, 2.24) is 0 Å². The predicted octanol–water partition coefficient (Wildman–Crippen LogP) is 3.36. The Morgan fingerprint density at radius 3 is 2.33 bits per heavy atom. The van der Waals surface area contributed by atoms with E-state index in [0.29, 0.717) is 16.3 Å². The molecular weight excluding hydrogens is 368 g/mol. The number of rotatable bonds is 5. The lowest BCUT2D eigenvalue weighted by atomic mass is 10.2. The van der Waals surface area contributed by atoms with Crippen LogP contribution in [0.5, 0.6) is 0 Å². The topological polar surface area (TPSA) is 67.9 Å². The van der Waals surface area contributed by atoms with Crippen LogP contribution < -0.4 is 10.2 Å². The van der Waals surface area contributed by atoms with E-state index in [4.69, 9.17) is 21.1 Å². The van der Waals surface area contributed by atoms with Gasteiger partial charge in [0.05, 0.1) is 18.8 Å². The Morgan fingerprint density at radius 1 is 1.07 bits per heavy atom. The van der Waals surface area contributed by atoms with Gasteiger partial charge in [-0.1, -0.05) is 11.6 Å². The molecule has 1 atom stereocenters. The van der Waals surface area contributed by atoms with Crippen LogP contribution >= 0.6 is 11.6 Å². The molecule has 0 radical (unpaired) electrons. The van der Waals surface area contributed by atoms with Crippen molar-refractivity contribution in [2.75, 3.05) is 36.5 Å². The van der Waals surface area contributed by atoms with E-state index in [1.165, 1.54) is 6.92 Å². The molecule has 1 saturated heterocycles. The zero-order valence-corrected chi connectivity index (χ0v) is 15.7. The molecule has 1 amide bonds. The van der Waals surface area contributed by atoms with Crippen molar-refractivity contribution in [2.24, 2.45) is 0 Å². The predicted molar refractivity (Wildman–Crippen MR) is 104 cm³/mol. The summed E-state index contributed by atoms with van der Waals surface area (Å²) < 4.78 is 10.6. The van der Waals surface area contributed by atoms with Gasteiger partial charge in [-0.05, 0) is 55.5 Å². The summed E-state index contributed by atoms with van der Waals surface area (Å²) >= 11 is 5.80. The fraction of sp³-hybridized carbons (Fsp3) is 0.300. The second-order valence-corrected chi connectivity index (χ2v) is 6.63. The first-order chi connectivity index (χ1) is 13.0. The SMILES string of the molecule is C[C@@H](OC(=O)c1ccc(Cl)cc1)C(=O)Nc1ccc(N2CCOCC2)cc1. The Balaban J connectivity index is 1.54. The zero-order valence-electron chi connectivity index (χ0n) is 15.0. The molecule has 1 aliphatic heterocycles. The molecule has 0 spiro atoms. The average Bonchev–Trinajstić information content (AvgIpc) is 2.69. The number of nitrogens with zero attached hydrogens (tertiary/aromatic N) is 1. The third-order valence-electron chi connectivity index (χ3n) is 4.24. The maximum atomic E-state index is 12.3. The van der Waals surface area contributed by atoms with Gasteiger partial charge < -0.3 is 19.7 Å². The Hall–Kier alpha value is -2.57. The molecule has 1 aliphatic rings. The lowest BCUT2D eigenvalue weighted by Gasteiger charge is -2.28. The zero-order chi connectivity index (χ0) is 19.2. The molecule has 0 bridgehead atoms. The lowest BCUT2D eigenvalue weighted by molar-refractivity contribution is -0.123. The van der Waals surface area contributed by atoms with Crippen molar-refractivity contribution in [1.29, 1.82) is 0 Å². The fourth-order valence-electron chi connectivity index (χ4n) is 2.69. The van der Waals surface area contributed by atoms with Crippen molar-refractivity contribution in [2.45, 2.75) is 13.0 Å². The molecule has 0 aliphatic carbocycles. The van der Waals surface area contributed by atoms with Gasteiger partial charge in [-0.15, -0.1) is 0 Å². The number of ether oxygens (including phenoxy) is 2. The Labute approximate surface area is 163 Å². The van der Waals surface area contributed by atoms with Gasteiger partial charge in [0.25, 0.3) is 5.91 Å². The molecule has 3 rings (SSSR count). The molecule has 27 heavy (non-hydrogen) atoms. The largest absolute Gasteiger partial charge is 0.449 e. The molecule has 7 heteroatoms. The summed E-state index contributed by atoms with van der Waals surface area (Å²) in [5, 5.41) is 3.28. The van der Waals surface area contributed by atoms with Crippen LogP contribution in [0.1, 0.15) is 17.3 Å². The van der Waals surface area contributed by atoms with Gasteiger partial charge in [0.15, 0.2) is 6.10 Å². The maximum absolute atomic E-state index is 12.3. The fourth-order valence-corrected chi connectivity index (χ4v) is 2.82. The summed E-state index contributed by atoms with van der Waals surface area (Å²) in [4.78, 5) is 26.6. The molecular formula is C20H21ClN2O4. The molecule has 0 aromatic heterocycles. The summed E-state index contributed by atoms with van der Waals surface area (Å²) in [5.41, 5.74) is 2.07. The smallest absolute Gasteiger partial charge is 0.338 e. The number of esters is 1. The van der Waals surface area contributed by atoms with Crippen molar-refractivity contribution < 1.29 is 19.1 Å². The van der Waals surface area contributed by atoms with Crippen LogP contribution in [-0.2, 0) is 14.3 Å². The van der Waals surface area contributed by atoms with E-state index in [1.54, 1.807) is 24.3 Å². The molecule has 0 unspecified atom stereocenters. The average molecular weight is 389 g/mol. The summed E-state index contributed by atoms with van der Waals surface area (Å²) in [6.45, 7) is 4.67. The van der Waals surface area contributed by atoms with Gasteiger partial charge in [-0.3, -0.25) is 4.79 Å². The lowest BCUT2D eigenvalue weighted by Crippen LogP contribution is -2.36. The molecule has 142 valence electrons. The van der Waals surface area contributed by atoms with Crippen molar-refractivity contribution in [3.63, 3.8) is 0 Å². The highest BCUT2D eigenvalue weighted by Crippen LogP contribution is 2.19. The summed E-state index contributed by atoms with van der Waals surface area (Å²) in [6.07, 6.45) is -0.924. The third-order valence-corrected chi connectivity index (χ3v) is 4.50. The van der Waals surface area contributed by atoms with Gasteiger partial charge in [-0.2, -0.15) is 0 Å². The minimum absolute atomic E-state index is 0.342. The van der Waals surface area contributed by atoms with Gasteiger partial charge in [0, 0.05) is 29.5 Å². The number of hydrogen-bond donors (Lipinski definition) is 1. The summed E-state index contributed by atoms with van der Waals surface area (Å²) in [6, 6.07) is 13.9. The van der Waals surface area contributed by atoms with Crippen molar-refractivity contribution in [3.8, 4) is 0 Å². The number of nitrogens with one attached hydrogen (secondary N) is 1. The minimum atomic E-state index is -0.924. The molecule has 6 nitrogen and oxygen atoms in total. The summed E-state index contributed by atoms with van der Waals surface area (Å²) in [5.74, 6) is -0.964. The monoisotopic (exact) mass is 388 g/mol. The van der Waals surface area contributed by atoms with E-state index in [9.17, 15) is 9.59 Å². The number of benzene rings is 2. The van der Waals surface area contributed by atoms with E-state index >= 15 is 0 Å². The third kappa shape index (κ3) is 5.21. The highest BCUT2D eigenvalue weighted by atomic mass is 35.5. The van der Waals surface area contributed by atoms with E-state index < -0.39 is 18.0 Å². The Kier molecular flexibility index (Phi) is 6.32. The first kappa shape index (κ1) is 19.2. The van der Waals surface area contributed by atoms with Crippen LogP contribution in [0.25, 0.3) is 0 Å². The van der Waals surface area contributed by atoms with Gasteiger partial charge in [0.1, 0.15) is 0 Å². The second kappa shape index (κ2) is 8.88. The molecule has 2 aromatic carbocycles. The highest BCUT2D eigenvalue weighted by molar-refractivity contribution is 6.30. The highest BCUT2D eigenvalue weighted by Gasteiger charge is 2.19. The molecule has 0 saturated carbocycles. The van der Waals surface area contributed by atoms with E-state index in [0.717, 1.165) is 32.0 Å². The Morgan fingerprint density at radius 2 is 1.70 bits per heavy atom. The van der Waals surface area contributed by atoms with Gasteiger partial charge >= 0.3 is 5.97 Å². The van der Waals surface area contributed by atoms with Crippen molar-refractivity contribution in [3.05, 3.63) is 59.1 Å². The maximum Gasteiger partial charge on any atom is 0.338 e. The minimum Gasteiger partial charge on any atom is -0.449 e. The Bertz CT molecular complexity index is 787. The first-order valence-corrected chi connectivity index (χ1v) is 9.11. The number of hydrogen-bond acceptors (Lipinski definition) is 5. The van der Waals surface area contributed by atoms with Crippen LogP contribution in [0.15, 0.2) is 48.5 Å². The van der Waals surface area contributed by atoms with Gasteiger partial charge in [0.2, 0.25) is 0 Å². The number of carbonyl (C=O) groups is 2. The standard InChI is InChI=1S/C20H21ClN2O4/c1-14(27-20(25)15-2-4-16(21)5-3-15)19(24)22-17-6-8-18(9-7-17)23-10-12-26-13-11-23/h2-9,14H,10-13H2,1H3,(H,22,24)/t14-/m1/s1. The summed E-state index contributed by atoms with van der Waals surface area (Å²) in [7, 11) is 0. The van der Waals surface area contributed by atoms with Crippen LogP contribution in [0.4, 0.5) is 11.4 Å². The number of carbonyl (C=O) groups excluding carboxylic acids is 2.